The molecule has 6 heteroatoms. The third-order valence-electron chi connectivity index (χ3n) is 2.50. The minimum atomic E-state index is 0.691. The predicted octanol–water partition coefficient (Wildman–Crippen LogP) is 3.59. The summed E-state index contributed by atoms with van der Waals surface area (Å²) in [7, 11) is 5.60. The summed E-state index contributed by atoms with van der Waals surface area (Å²) in [6.45, 7) is 0.700. The van der Waals surface area contributed by atoms with Crippen molar-refractivity contribution in [1.82, 2.24) is 4.98 Å². The number of aromatic nitrogens is 1. The Bertz CT molecular complexity index is 557. The van der Waals surface area contributed by atoms with Gasteiger partial charge in [-0.2, -0.15) is 4.98 Å². The summed E-state index contributed by atoms with van der Waals surface area (Å²) >= 11 is 5.09. The fraction of sp³-hybridized carbons (Fsp3) is 0.308. The minimum Gasteiger partial charge on any atom is -0.480 e. The average Bonchev–Trinajstić information content (AvgIpc) is 2.80. The molecule has 0 atom stereocenters. The van der Waals surface area contributed by atoms with Gasteiger partial charge in [-0.25, -0.2) is 0 Å². The maximum atomic E-state index is 5.31. The highest BCUT2D eigenvalue weighted by Gasteiger charge is 2.12. The largest absolute Gasteiger partial charge is 0.480 e. The summed E-state index contributed by atoms with van der Waals surface area (Å²) in [5.74, 6) is 0.691. The third-order valence-corrected chi connectivity index (χ3v) is 4.20. The van der Waals surface area contributed by atoms with Crippen molar-refractivity contribution in [1.29, 1.82) is 0 Å². The van der Waals surface area contributed by atoms with Crippen molar-refractivity contribution in [3.05, 3.63) is 33.6 Å². The van der Waals surface area contributed by atoms with Gasteiger partial charge in [0.15, 0.2) is 5.13 Å². The molecule has 0 radical (unpaired) electrons. The Labute approximate surface area is 125 Å². The van der Waals surface area contributed by atoms with Crippen LogP contribution in [0.3, 0.4) is 0 Å². The van der Waals surface area contributed by atoms with E-state index in [9.17, 15) is 0 Å². The van der Waals surface area contributed by atoms with Crippen LogP contribution in [0.15, 0.2) is 28.7 Å². The van der Waals surface area contributed by atoms with Crippen molar-refractivity contribution in [2.45, 2.75) is 6.54 Å². The molecule has 1 N–H and O–H groups in total. The monoisotopic (exact) mass is 341 g/mol. The van der Waals surface area contributed by atoms with E-state index in [-0.39, 0.29) is 0 Å². The number of ether oxygens (including phenoxy) is 1. The van der Waals surface area contributed by atoms with Crippen molar-refractivity contribution >= 4 is 38.1 Å². The van der Waals surface area contributed by atoms with Crippen LogP contribution >= 0.6 is 27.3 Å². The summed E-state index contributed by atoms with van der Waals surface area (Å²) in [5, 5.41) is 4.32. The van der Waals surface area contributed by atoms with E-state index in [1.807, 2.05) is 43.3 Å². The van der Waals surface area contributed by atoms with Gasteiger partial charge >= 0.3 is 0 Å². The zero-order valence-corrected chi connectivity index (χ0v) is 13.5. The Hall–Kier alpha value is -1.27. The van der Waals surface area contributed by atoms with Crippen LogP contribution in [0.1, 0.15) is 4.88 Å². The van der Waals surface area contributed by atoms with Crippen LogP contribution in [0.2, 0.25) is 0 Å². The second-order valence-corrected chi connectivity index (χ2v) is 6.16. The fourth-order valence-electron chi connectivity index (χ4n) is 1.57. The van der Waals surface area contributed by atoms with Crippen molar-refractivity contribution in [3.63, 3.8) is 0 Å². The highest BCUT2D eigenvalue weighted by Crippen LogP contribution is 2.31. The van der Waals surface area contributed by atoms with Gasteiger partial charge in [-0.15, -0.1) is 0 Å². The summed E-state index contributed by atoms with van der Waals surface area (Å²) < 4.78 is 6.37. The van der Waals surface area contributed by atoms with Crippen LogP contribution in [-0.2, 0) is 6.54 Å². The number of benzene rings is 1. The maximum Gasteiger partial charge on any atom is 0.231 e. The second-order valence-electron chi connectivity index (χ2n) is 4.19. The first kappa shape index (κ1) is 14.1. The number of methoxy groups -OCH3 is 1. The van der Waals surface area contributed by atoms with Crippen molar-refractivity contribution in [3.8, 4) is 5.88 Å². The highest BCUT2D eigenvalue weighted by atomic mass is 79.9. The van der Waals surface area contributed by atoms with Gasteiger partial charge in [0.25, 0.3) is 0 Å². The standard InChI is InChI=1S/C13H16BrN3OS/c1-17(2)13-16-12(18-3)11(19-13)8-15-10-6-4-5-9(14)7-10/h4-7,15H,8H2,1-3H3. The highest BCUT2D eigenvalue weighted by molar-refractivity contribution is 9.10. The first-order chi connectivity index (χ1) is 9.10. The molecule has 0 saturated carbocycles. The lowest BCUT2D eigenvalue weighted by Crippen LogP contribution is -2.07. The molecule has 0 bridgehead atoms. The van der Waals surface area contributed by atoms with Gasteiger partial charge in [0.2, 0.25) is 5.88 Å². The fourth-order valence-corrected chi connectivity index (χ4v) is 2.86. The number of thiazole rings is 1. The van der Waals surface area contributed by atoms with Crippen LogP contribution in [0.4, 0.5) is 10.8 Å². The van der Waals surface area contributed by atoms with Gasteiger partial charge in [-0.3, -0.25) is 0 Å². The van der Waals surface area contributed by atoms with E-state index < -0.39 is 0 Å². The smallest absolute Gasteiger partial charge is 0.231 e. The summed E-state index contributed by atoms with van der Waals surface area (Å²) in [6.07, 6.45) is 0. The summed E-state index contributed by atoms with van der Waals surface area (Å²) in [6, 6.07) is 8.08. The number of rotatable bonds is 5. The van der Waals surface area contributed by atoms with Crippen LogP contribution in [0, 0.1) is 0 Å². The number of hydrogen-bond acceptors (Lipinski definition) is 5. The number of nitrogens with zero attached hydrogens (tertiary/aromatic N) is 2. The van der Waals surface area contributed by atoms with Crippen LogP contribution < -0.4 is 15.0 Å². The molecule has 4 nitrogen and oxygen atoms in total. The molecule has 2 aromatic rings. The Morgan fingerprint density at radius 3 is 2.84 bits per heavy atom. The zero-order valence-electron chi connectivity index (χ0n) is 11.1. The van der Waals surface area contributed by atoms with Gasteiger partial charge in [0.05, 0.1) is 18.5 Å². The summed E-state index contributed by atoms with van der Waals surface area (Å²) in [5.41, 5.74) is 1.07. The van der Waals surface area contributed by atoms with E-state index in [2.05, 4.69) is 26.2 Å². The molecule has 0 spiro atoms. The van der Waals surface area contributed by atoms with E-state index >= 15 is 0 Å². The van der Waals surface area contributed by atoms with E-state index in [1.54, 1.807) is 18.4 Å². The first-order valence-electron chi connectivity index (χ1n) is 5.80. The number of anilines is 2. The first-order valence-corrected chi connectivity index (χ1v) is 7.41. The number of nitrogens with one attached hydrogen (secondary N) is 1. The van der Waals surface area contributed by atoms with Crippen LogP contribution in [0.25, 0.3) is 0 Å². The summed E-state index contributed by atoms with van der Waals surface area (Å²) in [4.78, 5) is 7.50. The SMILES string of the molecule is COc1nc(N(C)C)sc1CNc1cccc(Br)c1. The number of hydrogen-bond donors (Lipinski definition) is 1. The van der Waals surface area contributed by atoms with Crippen LogP contribution in [-0.4, -0.2) is 26.2 Å². The van der Waals surface area contributed by atoms with Crippen molar-refractivity contribution in [2.75, 3.05) is 31.4 Å². The molecule has 19 heavy (non-hydrogen) atoms. The van der Waals surface area contributed by atoms with E-state index in [0.29, 0.717) is 12.4 Å². The molecule has 102 valence electrons. The lowest BCUT2D eigenvalue weighted by molar-refractivity contribution is 0.397. The Balaban J connectivity index is 2.10. The molecular weight excluding hydrogens is 326 g/mol. The molecule has 2 rings (SSSR count). The molecule has 0 amide bonds. The van der Waals surface area contributed by atoms with E-state index in [1.165, 1.54) is 0 Å². The molecule has 0 fully saturated rings. The number of halogens is 1. The van der Waals surface area contributed by atoms with Crippen molar-refractivity contribution in [2.24, 2.45) is 0 Å². The maximum absolute atomic E-state index is 5.31. The molecular formula is C13H16BrN3OS. The van der Waals surface area contributed by atoms with Gasteiger partial charge in [-0.05, 0) is 18.2 Å². The Morgan fingerprint density at radius 1 is 1.42 bits per heavy atom. The molecule has 1 heterocycles. The van der Waals surface area contributed by atoms with Gasteiger partial charge in [0.1, 0.15) is 0 Å². The molecule has 1 aromatic carbocycles. The molecule has 0 aliphatic carbocycles. The molecule has 0 saturated heterocycles. The van der Waals surface area contributed by atoms with Gasteiger partial charge in [-0.1, -0.05) is 33.3 Å². The predicted molar refractivity (Wildman–Crippen MR) is 84.5 cm³/mol. The van der Waals surface area contributed by atoms with Gasteiger partial charge < -0.3 is 15.0 Å². The quantitative estimate of drug-likeness (QED) is 0.901. The molecule has 1 aromatic heterocycles. The van der Waals surface area contributed by atoms with Gasteiger partial charge in [0, 0.05) is 24.3 Å². The Kier molecular flexibility index (Phi) is 4.66. The molecule has 0 unspecified atom stereocenters. The minimum absolute atomic E-state index is 0.691. The molecule has 0 aliphatic heterocycles. The van der Waals surface area contributed by atoms with Crippen molar-refractivity contribution < 1.29 is 4.74 Å². The second kappa shape index (κ2) is 6.25. The zero-order chi connectivity index (χ0) is 13.8. The Morgan fingerprint density at radius 2 is 2.21 bits per heavy atom. The van der Waals surface area contributed by atoms with E-state index in [4.69, 9.17) is 4.74 Å². The van der Waals surface area contributed by atoms with Crippen LogP contribution in [0.5, 0.6) is 5.88 Å². The third kappa shape index (κ3) is 3.61. The van der Waals surface area contributed by atoms with E-state index in [0.717, 1.165) is 20.2 Å². The lowest BCUT2D eigenvalue weighted by atomic mass is 10.3. The molecule has 0 aliphatic rings. The lowest BCUT2D eigenvalue weighted by Gasteiger charge is -2.06. The average molecular weight is 342 g/mol. The normalized spacial score (nSPS) is 10.3. The topological polar surface area (TPSA) is 37.4 Å².